The van der Waals surface area contributed by atoms with Gasteiger partial charge in [-0.25, -0.2) is 4.90 Å². The van der Waals surface area contributed by atoms with Gasteiger partial charge in [-0.1, -0.05) is 37.2 Å². The lowest BCUT2D eigenvalue weighted by Crippen LogP contribution is -2.60. The van der Waals surface area contributed by atoms with E-state index < -0.39 is 6.17 Å². The van der Waals surface area contributed by atoms with Crippen molar-refractivity contribution >= 4 is 23.4 Å². The maximum atomic E-state index is 13.1. The normalized spacial score (nSPS) is 15.1. The maximum Gasteiger partial charge on any atom is 0.325 e. The van der Waals surface area contributed by atoms with Crippen LogP contribution in [0.3, 0.4) is 0 Å². The fourth-order valence-electron chi connectivity index (χ4n) is 3.54. The number of unbranched alkanes of at least 4 members (excludes halogenated alkanes) is 1. The second-order valence-corrected chi connectivity index (χ2v) is 8.07. The van der Waals surface area contributed by atoms with Crippen LogP contribution in [0, 0.1) is 6.92 Å². The zero-order valence-corrected chi connectivity index (χ0v) is 17.5. The van der Waals surface area contributed by atoms with Crippen LogP contribution in [-0.2, 0) is 4.79 Å². The molecule has 150 valence electrons. The van der Waals surface area contributed by atoms with Gasteiger partial charge < -0.3 is 4.42 Å². The summed E-state index contributed by atoms with van der Waals surface area (Å²) in [4.78, 5) is 30.3. The van der Waals surface area contributed by atoms with Crippen LogP contribution in [0.25, 0.3) is 11.3 Å². The Morgan fingerprint density at radius 1 is 1.31 bits per heavy atom. The van der Waals surface area contributed by atoms with Crippen molar-refractivity contribution in [3.63, 3.8) is 0 Å². The van der Waals surface area contributed by atoms with Crippen LogP contribution in [0.2, 0.25) is 0 Å². The summed E-state index contributed by atoms with van der Waals surface area (Å²) in [6.07, 6.45) is 1.42. The van der Waals surface area contributed by atoms with Gasteiger partial charge in [0.25, 0.3) is 0 Å². The molecule has 3 aromatic rings. The van der Waals surface area contributed by atoms with Crippen LogP contribution < -0.4 is 15.1 Å². The van der Waals surface area contributed by atoms with Crippen molar-refractivity contribution in [3.05, 3.63) is 58.3 Å². The number of rotatable bonds is 5. The Morgan fingerprint density at radius 2 is 2.10 bits per heavy atom. The molecule has 3 heterocycles. The minimum Gasteiger partial charge on any atom is -0.457 e. The summed E-state index contributed by atoms with van der Waals surface area (Å²) in [5.41, 5.74) is 1.51. The number of aromatic amines is 1. The molecule has 1 aromatic carbocycles. The Balaban J connectivity index is 1.96. The van der Waals surface area contributed by atoms with E-state index in [0.717, 1.165) is 24.4 Å². The van der Waals surface area contributed by atoms with Crippen LogP contribution in [0.4, 0.5) is 5.69 Å². The highest BCUT2D eigenvalue weighted by Crippen LogP contribution is 2.37. The number of thioether (sulfide) groups is 1. The summed E-state index contributed by atoms with van der Waals surface area (Å²) in [6, 6.07) is 11.0. The number of anilines is 1. The predicted octanol–water partition coefficient (Wildman–Crippen LogP) is 3.43. The van der Waals surface area contributed by atoms with E-state index in [9.17, 15) is 9.59 Å². The van der Waals surface area contributed by atoms with Gasteiger partial charge in [0.05, 0.1) is 11.3 Å². The van der Waals surface area contributed by atoms with E-state index in [-0.39, 0.29) is 11.5 Å². The van der Waals surface area contributed by atoms with Crippen LogP contribution in [0.1, 0.15) is 44.4 Å². The largest absolute Gasteiger partial charge is 0.457 e. The van der Waals surface area contributed by atoms with Gasteiger partial charge in [-0.3, -0.25) is 14.6 Å². The van der Waals surface area contributed by atoms with Gasteiger partial charge in [-0.15, -0.1) is 0 Å². The second-order valence-electron chi connectivity index (χ2n) is 6.98. The maximum absolute atomic E-state index is 13.1. The number of hydrogen-bond acceptors (Lipinski definition) is 5. The number of aromatic nitrogens is 3. The Morgan fingerprint density at radius 3 is 2.79 bits per heavy atom. The lowest BCUT2D eigenvalue weighted by Gasteiger charge is -2.30. The first-order valence-electron chi connectivity index (χ1n) is 9.65. The third kappa shape index (κ3) is 3.48. The molecule has 7 nitrogen and oxygen atoms in total. The van der Waals surface area contributed by atoms with Crippen LogP contribution in [0.15, 0.2) is 50.8 Å². The fourth-order valence-corrected chi connectivity index (χ4v) is 4.48. The molecule has 4 rings (SSSR count). The van der Waals surface area contributed by atoms with E-state index in [2.05, 4.69) is 11.9 Å². The third-order valence-corrected chi connectivity index (χ3v) is 5.80. The number of benzene rings is 1. The highest BCUT2D eigenvalue weighted by molar-refractivity contribution is 7.99. The molecule has 0 saturated heterocycles. The van der Waals surface area contributed by atoms with Gasteiger partial charge >= 0.3 is 17.4 Å². The van der Waals surface area contributed by atoms with Crippen LogP contribution in [-0.4, -0.2) is 21.7 Å². The van der Waals surface area contributed by atoms with Crippen molar-refractivity contribution in [2.75, 3.05) is 10.7 Å². The molecule has 0 radical (unpaired) electrons. The minimum atomic E-state index is -0.668. The summed E-state index contributed by atoms with van der Waals surface area (Å²) in [7, 11) is 0. The molecular formula is C21H23N4O3S+. The summed E-state index contributed by atoms with van der Waals surface area (Å²) >= 11 is 1.50. The first kappa shape index (κ1) is 19.4. The summed E-state index contributed by atoms with van der Waals surface area (Å²) in [6.45, 7) is 5.48. The van der Waals surface area contributed by atoms with Crippen molar-refractivity contribution in [3.8, 4) is 11.3 Å². The number of amides is 1. The first-order chi connectivity index (χ1) is 14.0. The molecule has 0 aliphatic carbocycles. The van der Waals surface area contributed by atoms with E-state index in [1.54, 1.807) is 9.58 Å². The second kappa shape index (κ2) is 7.87. The molecule has 0 bridgehead atoms. The monoisotopic (exact) mass is 411 g/mol. The first-order valence-corrected chi connectivity index (χ1v) is 10.6. The van der Waals surface area contributed by atoms with E-state index in [0.29, 0.717) is 27.9 Å². The summed E-state index contributed by atoms with van der Waals surface area (Å²) in [5, 5.41) is 5.25. The molecular weight excluding hydrogens is 388 g/mol. The standard InChI is InChI=1S/C21H22N4O3S/c1-4-5-12-29-21-22-19(27)18-15-8-6-7-9-16(15)24(14(3)26)20(25(18)23-21)17-11-10-13(2)28-17/h6-11,20H,4-5,12H2,1-3H3/p+1. The van der Waals surface area contributed by atoms with Gasteiger partial charge in [-0.2, -0.15) is 0 Å². The van der Waals surface area contributed by atoms with Gasteiger partial charge in [0.2, 0.25) is 11.1 Å². The molecule has 1 atom stereocenters. The SMILES string of the molecule is CCCCSc1n[n+]2c(c(=O)[nH]1)-c1ccccc1N(C(C)=O)C2c1ccc(C)o1. The number of furan rings is 1. The Hall–Kier alpha value is -2.87. The average molecular weight is 412 g/mol. The summed E-state index contributed by atoms with van der Waals surface area (Å²) < 4.78 is 7.50. The van der Waals surface area contributed by atoms with Crippen molar-refractivity contribution in [2.45, 2.75) is 44.9 Å². The number of nitrogens with zero attached hydrogens (tertiary/aromatic N) is 3. The lowest BCUT2D eigenvalue weighted by molar-refractivity contribution is -0.764. The van der Waals surface area contributed by atoms with E-state index >= 15 is 0 Å². The number of carbonyl (C=O) groups is 1. The molecule has 1 N–H and O–H groups in total. The Kier molecular flexibility index (Phi) is 5.27. The quantitative estimate of drug-likeness (QED) is 0.395. The Bertz CT molecular complexity index is 1120. The van der Waals surface area contributed by atoms with Crippen molar-refractivity contribution in [1.29, 1.82) is 0 Å². The van der Waals surface area contributed by atoms with Crippen molar-refractivity contribution in [2.24, 2.45) is 0 Å². The molecule has 0 fully saturated rings. The number of para-hydroxylation sites is 1. The van der Waals surface area contributed by atoms with Crippen LogP contribution >= 0.6 is 11.8 Å². The highest BCUT2D eigenvalue weighted by atomic mass is 32.2. The van der Waals surface area contributed by atoms with E-state index in [4.69, 9.17) is 9.52 Å². The third-order valence-electron chi connectivity index (χ3n) is 4.85. The van der Waals surface area contributed by atoms with E-state index in [1.165, 1.54) is 18.7 Å². The predicted molar refractivity (Wildman–Crippen MR) is 111 cm³/mol. The zero-order chi connectivity index (χ0) is 20.5. The molecule has 0 saturated carbocycles. The number of aryl methyl sites for hydroxylation is 1. The minimum absolute atomic E-state index is 0.156. The number of fused-ring (bicyclic) bond motifs is 3. The number of hydrogen-bond donors (Lipinski definition) is 1. The van der Waals surface area contributed by atoms with E-state index in [1.807, 2.05) is 43.3 Å². The smallest absolute Gasteiger partial charge is 0.325 e. The number of carbonyl (C=O) groups excluding carboxylic acids is 1. The zero-order valence-electron chi connectivity index (χ0n) is 16.6. The molecule has 29 heavy (non-hydrogen) atoms. The van der Waals surface area contributed by atoms with Crippen molar-refractivity contribution in [1.82, 2.24) is 10.1 Å². The number of H-pyrrole nitrogens is 1. The van der Waals surface area contributed by atoms with Crippen molar-refractivity contribution < 1.29 is 13.9 Å². The number of nitrogens with one attached hydrogen (secondary N) is 1. The summed E-state index contributed by atoms with van der Waals surface area (Å²) in [5.74, 6) is 1.99. The molecule has 1 unspecified atom stereocenters. The van der Waals surface area contributed by atoms with Crippen LogP contribution in [0.5, 0.6) is 0 Å². The van der Waals surface area contributed by atoms with Gasteiger partial charge in [0.15, 0.2) is 5.76 Å². The highest BCUT2D eigenvalue weighted by Gasteiger charge is 2.46. The van der Waals surface area contributed by atoms with Gasteiger partial charge in [0, 0.05) is 17.8 Å². The molecule has 1 amide bonds. The topological polar surface area (TPSA) is 83.1 Å². The van der Waals surface area contributed by atoms with Gasteiger partial charge in [-0.05, 0) is 42.3 Å². The molecule has 1 aliphatic heterocycles. The lowest BCUT2D eigenvalue weighted by atomic mass is 10.0. The molecule has 0 spiro atoms. The molecule has 8 heteroatoms. The average Bonchev–Trinajstić information content (AvgIpc) is 3.12. The molecule has 1 aliphatic rings. The Labute approximate surface area is 172 Å². The molecule has 2 aromatic heterocycles. The van der Waals surface area contributed by atoms with Gasteiger partial charge in [0.1, 0.15) is 5.76 Å². The fraction of sp³-hybridized carbons (Fsp3) is 0.333.